The van der Waals surface area contributed by atoms with E-state index in [2.05, 4.69) is 22.0 Å². The summed E-state index contributed by atoms with van der Waals surface area (Å²) in [6.07, 6.45) is 1.18. The zero-order valence-electron chi connectivity index (χ0n) is 16.5. The van der Waals surface area contributed by atoms with Crippen LogP contribution in [0.3, 0.4) is 0 Å². The van der Waals surface area contributed by atoms with Crippen molar-refractivity contribution in [3.63, 3.8) is 0 Å². The molecule has 6 heteroatoms. The summed E-state index contributed by atoms with van der Waals surface area (Å²) < 4.78 is 5.44. The maximum atomic E-state index is 12.7. The van der Waals surface area contributed by atoms with Crippen LogP contribution in [0.1, 0.15) is 12.5 Å². The molecule has 4 rings (SSSR count). The van der Waals surface area contributed by atoms with Crippen molar-refractivity contribution in [2.75, 3.05) is 31.1 Å². The minimum absolute atomic E-state index is 0.134. The van der Waals surface area contributed by atoms with E-state index < -0.39 is 12.1 Å². The number of piperazine rings is 1. The van der Waals surface area contributed by atoms with E-state index in [4.69, 9.17) is 4.74 Å². The number of aromatic nitrogens is 1. The molecule has 3 aromatic rings. The summed E-state index contributed by atoms with van der Waals surface area (Å²) in [6.45, 7) is 4.44. The van der Waals surface area contributed by atoms with Crippen molar-refractivity contribution in [2.24, 2.45) is 0 Å². The molecule has 0 aliphatic carbocycles. The van der Waals surface area contributed by atoms with Gasteiger partial charge in [-0.05, 0) is 30.7 Å². The standard InChI is InChI=1S/C23H25N3O3/c1-17(29-22(27)15-18-16-24-21-10-6-5-9-20(18)21)23(28)26-13-11-25(12-14-26)19-7-3-2-4-8-19/h2-10,16-17,24H,11-15H2,1H3. The molecule has 0 radical (unpaired) electrons. The second kappa shape index (κ2) is 8.39. The number of rotatable bonds is 5. The van der Waals surface area contributed by atoms with Crippen molar-refractivity contribution in [1.29, 1.82) is 0 Å². The van der Waals surface area contributed by atoms with Crippen LogP contribution in [0.25, 0.3) is 10.9 Å². The molecule has 1 fully saturated rings. The average molecular weight is 391 g/mol. The molecule has 0 bridgehead atoms. The summed E-state index contributed by atoms with van der Waals surface area (Å²) in [6, 6.07) is 18.0. The fourth-order valence-electron chi connectivity index (χ4n) is 3.80. The molecule has 6 nitrogen and oxygen atoms in total. The van der Waals surface area contributed by atoms with E-state index in [0.717, 1.165) is 35.2 Å². The third-order valence-electron chi connectivity index (χ3n) is 5.38. The molecular formula is C23H25N3O3. The molecule has 0 spiro atoms. The van der Waals surface area contributed by atoms with Crippen LogP contribution < -0.4 is 4.90 Å². The topological polar surface area (TPSA) is 65.6 Å². The van der Waals surface area contributed by atoms with Gasteiger partial charge in [-0.15, -0.1) is 0 Å². The number of nitrogens with zero attached hydrogens (tertiary/aromatic N) is 2. The van der Waals surface area contributed by atoms with Crippen molar-refractivity contribution in [1.82, 2.24) is 9.88 Å². The van der Waals surface area contributed by atoms with E-state index in [1.807, 2.05) is 48.7 Å². The van der Waals surface area contributed by atoms with Gasteiger partial charge in [-0.1, -0.05) is 36.4 Å². The minimum Gasteiger partial charge on any atom is -0.452 e. The van der Waals surface area contributed by atoms with Gasteiger partial charge in [-0.25, -0.2) is 0 Å². The summed E-state index contributed by atoms with van der Waals surface area (Å²) in [4.78, 5) is 32.3. The number of fused-ring (bicyclic) bond motifs is 1. The zero-order chi connectivity index (χ0) is 20.2. The highest BCUT2D eigenvalue weighted by Crippen LogP contribution is 2.19. The highest BCUT2D eigenvalue weighted by atomic mass is 16.5. The first-order valence-corrected chi connectivity index (χ1v) is 9.95. The number of aromatic amines is 1. The van der Waals surface area contributed by atoms with Crippen LogP contribution in [0.2, 0.25) is 0 Å². The quantitative estimate of drug-likeness (QED) is 0.679. The first-order chi connectivity index (χ1) is 14.1. The summed E-state index contributed by atoms with van der Waals surface area (Å²) in [5, 5.41) is 1.00. The Morgan fingerprint density at radius 1 is 1.00 bits per heavy atom. The second-order valence-corrected chi connectivity index (χ2v) is 7.32. The van der Waals surface area contributed by atoms with Crippen molar-refractivity contribution < 1.29 is 14.3 Å². The zero-order valence-corrected chi connectivity index (χ0v) is 16.5. The van der Waals surface area contributed by atoms with Crippen LogP contribution in [-0.2, 0) is 20.7 Å². The largest absolute Gasteiger partial charge is 0.452 e. The number of nitrogens with one attached hydrogen (secondary N) is 1. The highest BCUT2D eigenvalue weighted by Gasteiger charge is 2.27. The predicted molar refractivity (Wildman–Crippen MR) is 113 cm³/mol. The van der Waals surface area contributed by atoms with Gasteiger partial charge in [0.2, 0.25) is 0 Å². The third kappa shape index (κ3) is 4.26. The van der Waals surface area contributed by atoms with Gasteiger partial charge in [0, 0.05) is 49.0 Å². The van der Waals surface area contributed by atoms with E-state index >= 15 is 0 Å². The lowest BCUT2D eigenvalue weighted by atomic mass is 10.1. The maximum absolute atomic E-state index is 12.7. The first-order valence-electron chi connectivity index (χ1n) is 9.95. The molecule has 29 heavy (non-hydrogen) atoms. The van der Waals surface area contributed by atoms with E-state index in [-0.39, 0.29) is 12.3 Å². The number of hydrogen-bond donors (Lipinski definition) is 1. The number of esters is 1. The van der Waals surface area contributed by atoms with Crippen molar-refractivity contribution in [2.45, 2.75) is 19.4 Å². The van der Waals surface area contributed by atoms with Crippen LogP contribution in [0.4, 0.5) is 5.69 Å². The molecule has 1 aromatic heterocycles. The number of amides is 1. The fourth-order valence-corrected chi connectivity index (χ4v) is 3.80. The van der Waals surface area contributed by atoms with Crippen molar-refractivity contribution in [3.8, 4) is 0 Å². The van der Waals surface area contributed by atoms with Gasteiger partial charge in [0.25, 0.3) is 5.91 Å². The monoisotopic (exact) mass is 391 g/mol. The van der Waals surface area contributed by atoms with Gasteiger partial charge in [0.15, 0.2) is 6.10 Å². The number of ether oxygens (including phenoxy) is 1. The van der Waals surface area contributed by atoms with Gasteiger partial charge < -0.3 is 19.5 Å². The Hall–Kier alpha value is -3.28. The molecule has 1 aliphatic heterocycles. The third-order valence-corrected chi connectivity index (χ3v) is 5.38. The van der Waals surface area contributed by atoms with E-state index in [1.54, 1.807) is 11.8 Å². The SMILES string of the molecule is CC(OC(=O)Cc1c[nH]c2ccccc12)C(=O)N1CCN(c2ccccc2)CC1. The maximum Gasteiger partial charge on any atom is 0.311 e. The summed E-state index contributed by atoms with van der Waals surface area (Å²) in [5.74, 6) is -0.525. The molecule has 0 saturated carbocycles. The lowest BCUT2D eigenvalue weighted by molar-refractivity contribution is -0.158. The van der Waals surface area contributed by atoms with Gasteiger partial charge in [-0.2, -0.15) is 0 Å². The highest BCUT2D eigenvalue weighted by molar-refractivity contribution is 5.88. The number of carbonyl (C=O) groups excluding carboxylic acids is 2. The van der Waals surface area contributed by atoms with Crippen molar-refractivity contribution in [3.05, 3.63) is 66.4 Å². The molecule has 2 aromatic carbocycles. The Morgan fingerprint density at radius 3 is 2.45 bits per heavy atom. The van der Waals surface area contributed by atoms with E-state index in [9.17, 15) is 9.59 Å². The summed E-state index contributed by atoms with van der Waals surface area (Å²) in [7, 11) is 0. The average Bonchev–Trinajstić information content (AvgIpc) is 3.16. The van der Waals surface area contributed by atoms with Gasteiger partial charge in [0.05, 0.1) is 6.42 Å². The molecule has 1 unspecified atom stereocenters. The lowest BCUT2D eigenvalue weighted by Crippen LogP contribution is -2.51. The number of benzene rings is 2. The van der Waals surface area contributed by atoms with Crippen LogP contribution in [-0.4, -0.2) is 54.0 Å². The Kier molecular flexibility index (Phi) is 5.51. The number of hydrogen-bond acceptors (Lipinski definition) is 4. The molecule has 1 aliphatic rings. The Bertz CT molecular complexity index is 991. The first kappa shape index (κ1) is 19.1. The van der Waals surface area contributed by atoms with Crippen LogP contribution in [0.5, 0.6) is 0 Å². The predicted octanol–water partition coefficient (Wildman–Crippen LogP) is 2.99. The molecule has 1 N–H and O–H groups in total. The summed E-state index contributed by atoms with van der Waals surface area (Å²) >= 11 is 0. The molecule has 2 heterocycles. The molecular weight excluding hydrogens is 366 g/mol. The second-order valence-electron chi connectivity index (χ2n) is 7.32. The molecule has 1 saturated heterocycles. The van der Waals surface area contributed by atoms with Crippen LogP contribution >= 0.6 is 0 Å². The Labute approximate surface area is 170 Å². The van der Waals surface area contributed by atoms with Gasteiger partial charge >= 0.3 is 5.97 Å². The summed E-state index contributed by atoms with van der Waals surface area (Å²) in [5.41, 5.74) is 3.02. The number of anilines is 1. The number of H-pyrrole nitrogens is 1. The van der Waals surface area contributed by atoms with Crippen LogP contribution in [0, 0.1) is 0 Å². The Morgan fingerprint density at radius 2 is 1.69 bits per heavy atom. The van der Waals surface area contributed by atoms with Gasteiger partial charge in [0.1, 0.15) is 0 Å². The minimum atomic E-state index is -0.781. The molecule has 150 valence electrons. The van der Waals surface area contributed by atoms with Gasteiger partial charge in [-0.3, -0.25) is 9.59 Å². The van der Waals surface area contributed by atoms with E-state index in [1.165, 1.54) is 0 Å². The lowest BCUT2D eigenvalue weighted by Gasteiger charge is -2.37. The fraction of sp³-hybridized carbons (Fsp3) is 0.304. The van der Waals surface area contributed by atoms with Crippen LogP contribution in [0.15, 0.2) is 60.8 Å². The molecule has 1 atom stereocenters. The smallest absolute Gasteiger partial charge is 0.311 e. The normalized spacial score (nSPS) is 15.3. The van der Waals surface area contributed by atoms with E-state index in [0.29, 0.717) is 13.1 Å². The van der Waals surface area contributed by atoms with Crippen molar-refractivity contribution >= 4 is 28.5 Å². The Balaban J connectivity index is 1.30. The number of para-hydroxylation sites is 2. The number of carbonyl (C=O) groups is 2. The molecule has 1 amide bonds.